The average molecular weight is 271 g/mol. The molecule has 0 bridgehead atoms. The summed E-state index contributed by atoms with van der Waals surface area (Å²) in [6.07, 6.45) is 6.60. The van der Waals surface area contributed by atoms with E-state index in [9.17, 15) is 0 Å². The molecule has 0 amide bonds. The number of nitrogens with one attached hydrogen (secondary N) is 1. The monoisotopic (exact) mass is 270 g/mol. The maximum absolute atomic E-state index is 5.90. The van der Waals surface area contributed by atoms with Crippen molar-refractivity contribution in [3.63, 3.8) is 0 Å². The number of aromatic nitrogens is 3. The van der Waals surface area contributed by atoms with Crippen LogP contribution >= 0.6 is 11.6 Å². The first-order chi connectivity index (χ1) is 8.70. The molecule has 0 aromatic carbocycles. The van der Waals surface area contributed by atoms with Gasteiger partial charge in [-0.15, -0.1) is 11.6 Å². The lowest BCUT2D eigenvalue weighted by molar-refractivity contribution is 0.305. The first kappa shape index (κ1) is 13.8. The maximum Gasteiger partial charge on any atom is 0.141 e. The van der Waals surface area contributed by atoms with Gasteiger partial charge in [0.2, 0.25) is 0 Å². The first-order valence-electron chi connectivity index (χ1n) is 6.88. The molecule has 1 aromatic rings. The van der Waals surface area contributed by atoms with E-state index in [0.717, 1.165) is 24.2 Å². The van der Waals surface area contributed by atoms with Crippen molar-refractivity contribution in [2.24, 2.45) is 5.92 Å². The lowest BCUT2D eigenvalue weighted by atomic mass is 9.87. The van der Waals surface area contributed by atoms with Crippen LogP contribution in [0.3, 0.4) is 0 Å². The Morgan fingerprint density at radius 2 is 2.11 bits per heavy atom. The second kappa shape index (κ2) is 6.53. The van der Waals surface area contributed by atoms with Crippen LogP contribution in [0.4, 0.5) is 0 Å². The lowest BCUT2D eigenvalue weighted by Crippen LogP contribution is -2.34. The number of nitrogens with zero attached hydrogens (tertiary/aromatic N) is 3. The molecule has 18 heavy (non-hydrogen) atoms. The fourth-order valence-electron chi connectivity index (χ4n) is 2.59. The molecule has 1 aliphatic rings. The molecule has 0 atom stereocenters. The highest BCUT2D eigenvalue weighted by Crippen LogP contribution is 2.25. The Morgan fingerprint density at radius 3 is 2.72 bits per heavy atom. The van der Waals surface area contributed by atoms with Crippen molar-refractivity contribution in [1.29, 1.82) is 0 Å². The zero-order valence-corrected chi connectivity index (χ0v) is 12.0. The summed E-state index contributed by atoms with van der Waals surface area (Å²) in [4.78, 5) is 4.32. The van der Waals surface area contributed by atoms with E-state index in [-0.39, 0.29) is 0 Å². The second-order valence-electron chi connectivity index (χ2n) is 5.47. The van der Waals surface area contributed by atoms with Crippen LogP contribution in [0.1, 0.15) is 51.4 Å². The van der Waals surface area contributed by atoms with Gasteiger partial charge in [-0.05, 0) is 45.4 Å². The Hall–Kier alpha value is -0.610. The predicted octanol–water partition coefficient (Wildman–Crippen LogP) is 2.75. The van der Waals surface area contributed by atoms with Gasteiger partial charge in [0, 0.05) is 18.0 Å². The molecule has 102 valence electrons. The van der Waals surface area contributed by atoms with Crippen molar-refractivity contribution in [1.82, 2.24) is 20.1 Å². The van der Waals surface area contributed by atoms with E-state index in [0.29, 0.717) is 12.1 Å². The van der Waals surface area contributed by atoms with Crippen LogP contribution in [0.25, 0.3) is 0 Å². The Labute approximate surface area is 114 Å². The van der Waals surface area contributed by atoms with Crippen LogP contribution in [0.5, 0.6) is 0 Å². The van der Waals surface area contributed by atoms with Crippen LogP contribution in [0, 0.1) is 5.92 Å². The van der Waals surface area contributed by atoms with Crippen molar-refractivity contribution >= 4 is 11.6 Å². The van der Waals surface area contributed by atoms with E-state index in [1.165, 1.54) is 25.7 Å². The topological polar surface area (TPSA) is 42.7 Å². The highest BCUT2D eigenvalue weighted by atomic mass is 35.5. The van der Waals surface area contributed by atoms with Gasteiger partial charge in [-0.2, -0.15) is 5.10 Å². The molecule has 0 saturated heterocycles. The largest absolute Gasteiger partial charge is 0.307 e. The van der Waals surface area contributed by atoms with Gasteiger partial charge in [0.05, 0.1) is 6.54 Å². The van der Waals surface area contributed by atoms with Gasteiger partial charge in [-0.3, -0.25) is 0 Å². The second-order valence-corrected chi connectivity index (χ2v) is 5.78. The van der Waals surface area contributed by atoms with Crippen LogP contribution < -0.4 is 5.32 Å². The normalized spacial score (nSPS) is 24.7. The van der Waals surface area contributed by atoms with Crippen molar-refractivity contribution in [3.8, 4) is 0 Å². The summed E-state index contributed by atoms with van der Waals surface area (Å²) in [5.41, 5.74) is 0. The molecule has 1 N–H and O–H groups in total. The lowest BCUT2D eigenvalue weighted by Gasteiger charge is -2.28. The van der Waals surface area contributed by atoms with Crippen molar-refractivity contribution in [2.45, 2.75) is 58.2 Å². The van der Waals surface area contributed by atoms with E-state index in [1.54, 1.807) is 6.33 Å². The van der Waals surface area contributed by atoms with Crippen LogP contribution in [-0.2, 0) is 6.54 Å². The Morgan fingerprint density at radius 1 is 1.39 bits per heavy atom. The molecule has 2 rings (SSSR count). The molecular weight excluding hydrogens is 248 g/mol. The molecule has 0 spiro atoms. The molecule has 0 radical (unpaired) electrons. The van der Waals surface area contributed by atoms with Crippen LogP contribution in [0.2, 0.25) is 0 Å². The van der Waals surface area contributed by atoms with Gasteiger partial charge in [0.1, 0.15) is 12.2 Å². The Bertz CT molecular complexity index is 356. The summed E-state index contributed by atoms with van der Waals surface area (Å²) < 4.78 is 1.98. The minimum absolute atomic E-state index is 0.372. The third-order valence-corrected chi connectivity index (χ3v) is 4.19. The van der Waals surface area contributed by atoms with Gasteiger partial charge < -0.3 is 5.32 Å². The Kier molecular flexibility index (Phi) is 5.01. The number of hydrogen-bond donors (Lipinski definition) is 1. The Balaban J connectivity index is 1.80. The molecule has 1 fully saturated rings. The summed E-state index contributed by atoms with van der Waals surface area (Å²) in [6, 6.07) is 0.984. The zero-order valence-electron chi connectivity index (χ0n) is 11.3. The summed E-state index contributed by atoms with van der Waals surface area (Å²) in [5.74, 6) is 2.57. The molecule has 0 unspecified atom stereocenters. The first-order valence-corrected chi connectivity index (χ1v) is 7.42. The highest BCUT2D eigenvalue weighted by Gasteiger charge is 2.20. The maximum atomic E-state index is 5.90. The third-order valence-electron chi connectivity index (χ3n) is 3.75. The van der Waals surface area contributed by atoms with Gasteiger partial charge in [0.25, 0.3) is 0 Å². The quantitative estimate of drug-likeness (QED) is 0.837. The van der Waals surface area contributed by atoms with E-state index >= 15 is 0 Å². The smallest absolute Gasteiger partial charge is 0.141 e. The summed E-state index contributed by atoms with van der Waals surface area (Å²) in [6.45, 7) is 5.07. The fourth-order valence-corrected chi connectivity index (χ4v) is 2.90. The van der Waals surface area contributed by atoms with Crippen LogP contribution in [-0.4, -0.2) is 26.7 Å². The summed E-state index contributed by atoms with van der Waals surface area (Å²) in [7, 11) is 0. The van der Waals surface area contributed by atoms with Gasteiger partial charge >= 0.3 is 0 Å². The number of alkyl halides is 1. The van der Waals surface area contributed by atoms with Crippen molar-refractivity contribution < 1.29 is 0 Å². The molecular formula is C13H23ClN4. The molecule has 0 aliphatic heterocycles. The SMILES string of the molecule is CC(C)n1ncnc1CNC1CCC(CCl)CC1. The standard InChI is InChI=1S/C13H23ClN4/c1-10(2)18-13(16-9-17-18)8-15-12-5-3-11(7-14)4-6-12/h9-12,15H,3-8H2,1-2H3. The zero-order chi connectivity index (χ0) is 13.0. The third kappa shape index (κ3) is 3.45. The average Bonchev–Trinajstić information content (AvgIpc) is 2.85. The minimum Gasteiger partial charge on any atom is -0.307 e. The minimum atomic E-state index is 0.372. The van der Waals surface area contributed by atoms with Crippen molar-refractivity contribution in [2.75, 3.05) is 5.88 Å². The van der Waals surface area contributed by atoms with E-state index in [1.807, 2.05) is 4.68 Å². The fraction of sp³-hybridized carbons (Fsp3) is 0.846. The van der Waals surface area contributed by atoms with E-state index < -0.39 is 0 Å². The molecule has 1 heterocycles. The molecule has 5 heteroatoms. The van der Waals surface area contributed by atoms with Crippen molar-refractivity contribution in [3.05, 3.63) is 12.2 Å². The predicted molar refractivity (Wildman–Crippen MR) is 73.7 cm³/mol. The summed E-state index contributed by atoms with van der Waals surface area (Å²) >= 11 is 5.90. The molecule has 1 aliphatic carbocycles. The molecule has 1 saturated carbocycles. The van der Waals surface area contributed by atoms with Gasteiger partial charge in [0.15, 0.2) is 0 Å². The highest BCUT2D eigenvalue weighted by molar-refractivity contribution is 6.18. The van der Waals surface area contributed by atoms with Gasteiger partial charge in [-0.25, -0.2) is 9.67 Å². The number of hydrogen-bond acceptors (Lipinski definition) is 3. The van der Waals surface area contributed by atoms with E-state index in [2.05, 4.69) is 29.2 Å². The molecule has 1 aromatic heterocycles. The molecule has 4 nitrogen and oxygen atoms in total. The summed E-state index contributed by atoms with van der Waals surface area (Å²) in [5, 5.41) is 7.85. The van der Waals surface area contributed by atoms with Gasteiger partial charge in [-0.1, -0.05) is 0 Å². The number of halogens is 1. The van der Waals surface area contributed by atoms with Crippen LogP contribution in [0.15, 0.2) is 6.33 Å². The number of rotatable bonds is 5. The van der Waals surface area contributed by atoms with E-state index in [4.69, 9.17) is 11.6 Å².